The van der Waals surface area contributed by atoms with Gasteiger partial charge in [0.2, 0.25) is 0 Å². The molecule has 3 unspecified atom stereocenters. The average molecular weight is 319 g/mol. The quantitative estimate of drug-likeness (QED) is 0.889. The van der Waals surface area contributed by atoms with Crippen molar-refractivity contribution < 1.29 is 13.9 Å². The van der Waals surface area contributed by atoms with Crippen LogP contribution >= 0.6 is 15.9 Å². The molecule has 2 rings (SSSR count). The van der Waals surface area contributed by atoms with Crippen molar-refractivity contribution in [2.24, 2.45) is 5.73 Å². The third-order valence-electron chi connectivity index (χ3n) is 3.44. The Morgan fingerprint density at radius 1 is 1.39 bits per heavy atom. The lowest BCUT2D eigenvalue weighted by atomic mass is 10.2. The first kappa shape index (κ1) is 14.0. The first-order chi connectivity index (χ1) is 8.69. The molecule has 3 atom stereocenters. The summed E-state index contributed by atoms with van der Waals surface area (Å²) in [6, 6.07) is 3.90. The molecular weight excluding hydrogens is 300 g/mol. The van der Waals surface area contributed by atoms with E-state index in [-0.39, 0.29) is 18.2 Å². The van der Waals surface area contributed by atoms with E-state index in [1.807, 2.05) is 12.1 Å². The van der Waals surface area contributed by atoms with Gasteiger partial charge in [-0.2, -0.15) is 0 Å². The van der Waals surface area contributed by atoms with Crippen LogP contribution in [0.3, 0.4) is 0 Å². The highest BCUT2D eigenvalue weighted by Gasteiger charge is 2.37. The SMILES string of the molecule is COC1CN(C(CN)c2ccc(Br)o2)CC1OC. The standard InChI is InChI=1S/C12H19BrN2O3/c1-16-10-6-15(7-11(10)17-2)8(5-14)9-3-4-12(13)18-9/h3-4,8,10-11H,5-7,14H2,1-2H3. The Bertz CT molecular complexity index is 373. The molecule has 0 saturated carbocycles. The van der Waals surface area contributed by atoms with Gasteiger partial charge in [-0.05, 0) is 28.1 Å². The summed E-state index contributed by atoms with van der Waals surface area (Å²) in [5.41, 5.74) is 5.87. The van der Waals surface area contributed by atoms with Crippen LogP contribution in [0.25, 0.3) is 0 Å². The maximum Gasteiger partial charge on any atom is 0.169 e. The van der Waals surface area contributed by atoms with E-state index in [4.69, 9.17) is 19.6 Å². The van der Waals surface area contributed by atoms with E-state index in [9.17, 15) is 0 Å². The smallest absolute Gasteiger partial charge is 0.169 e. The van der Waals surface area contributed by atoms with Gasteiger partial charge in [-0.1, -0.05) is 0 Å². The van der Waals surface area contributed by atoms with Gasteiger partial charge in [-0.3, -0.25) is 4.90 Å². The van der Waals surface area contributed by atoms with Crippen LogP contribution < -0.4 is 5.73 Å². The first-order valence-electron chi connectivity index (χ1n) is 5.94. The lowest BCUT2D eigenvalue weighted by Crippen LogP contribution is -2.32. The third-order valence-corrected chi connectivity index (χ3v) is 3.86. The van der Waals surface area contributed by atoms with Crippen molar-refractivity contribution in [3.8, 4) is 0 Å². The first-order valence-corrected chi connectivity index (χ1v) is 6.73. The summed E-state index contributed by atoms with van der Waals surface area (Å²) in [4.78, 5) is 2.24. The fourth-order valence-electron chi connectivity index (χ4n) is 2.43. The minimum atomic E-state index is 0.0640. The highest BCUT2D eigenvalue weighted by Crippen LogP contribution is 2.29. The Labute approximate surface area is 115 Å². The lowest BCUT2D eigenvalue weighted by Gasteiger charge is -2.24. The molecule has 1 aromatic rings. The largest absolute Gasteiger partial charge is 0.453 e. The summed E-state index contributed by atoms with van der Waals surface area (Å²) >= 11 is 3.31. The molecule has 1 saturated heterocycles. The highest BCUT2D eigenvalue weighted by atomic mass is 79.9. The summed E-state index contributed by atoms with van der Waals surface area (Å²) in [6.07, 6.45) is 0.171. The molecule has 1 aliphatic heterocycles. The maximum atomic E-state index is 5.87. The number of nitrogens with two attached hydrogens (primary N) is 1. The topological polar surface area (TPSA) is 60.9 Å². The Morgan fingerprint density at radius 3 is 2.39 bits per heavy atom. The van der Waals surface area contributed by atoms with Crippen molar-refractivity contribution in [1.82, 2.24) is 4.90 Å². The zero-order valence-corrected chi connectivity index (χ0v) is 12.2. The van der Waals surface area contributed by atoms with Gasteiger partial charge in [-0.25, -0.2) is 0 Å². The van der Waals surface area contributed by atoms with Gasteiger partial charge < -0.3 is 19.6 Å². The molecule has 1 aliphatic rings. The van der Waals surface area contributed by atoms with Crippen molar-refractivity contribution in [2.45, 2.75) is 18.2 Å². The van der Waals surface area contributed by atoms with Crippen LogP contribution in [0.2, 0.25) is 0 Å². The Hall–Kier alpha value is -0.400. The van der Waals surface area contributed by atoms with Gasteiger partial charge in [0.15, 0.2) is 4.67 Å². The van der Waals surface area contributed by atoms with Crippen LogP contribution in [-0.4, -0.2) is 51.0 Å². The molecule has 2 N–H and O–H groups in total. The second-order valence-corrected chi connectivity index (χ2v) is 5.18. The maximum absolute atomic E-state index is 5.87. The summed E-state index contributed by atoms with van der Waals surface area (Å²) in [5.74, 6) is 0.871. The molecule has 5 nitrogen and oxygen atoms in total. The van der Waals surface area contributed by atoms with Crippen LogP contribution in [0.1, 0.15) is 11.8 Å². The number of halogens is 1. The molecule has 0 bridgehead atoms. The molecule has 1 aromatic heterocycles. The van der Waals surface area contributed by atoms with E-state index in [2.05, 4.69) is 20.8 Å². The van der Waals surface area contributed by atoms with Crippen LogP contribution in [0.4, 0.5) is 0 Å². The minimum Gasteiger partial charge on any atom is -0.453 e. The summed E-state index contributed by atoms with van der Waals surface area (Å²) < 4.78 is 17.2. The van der Waals surface area contributed by atoms with Crippen molar-refractivity contribution in [3.05, 3.63) is 22.6 Å². The number of rotatable bonds is 5. The molecule has 0 amide bonds. The van der Waals surface area contributed by atoms with Crippen molar-refractivity contribution in [3.63, 3.8) is 0 Å². The third kappa shape index (κ3) is 2.78. The number of methoxy groups -OCH3 is 2. The van der Waals surface area contributed by atoms with E-state index in [1.54, 1.807) is 14.2 Å². The van der Waals surface area contributed by atoms with Crippen LogP contribution in [0.5, 0.6) is 0 Å². The second kappa shape index (κ2) is 6.16. The van der Waals surface area contributed by atoms with Crippen LogP contribution in [0.15, 0.2) is 21.2 Å². The second-order valence-electron chi connectivity index (χ2n) is 4.40. The number of ether oxygens (including phenoxy) is 2. The molecule has 0 aromatic carbocycles. The zero-order chi connectivity index (χ0) is 13.1. The number of nitrogens with zero attached hydrogens (tertiary/aromatic N) is 1. The molecule has 0 aliphatic carbocycles. The fraction of sp³-hybridized carbons (Fsp3) is 0.667. The molecule has 6 heteroatoms. The van der Waals surface area contributed by atoms with E-state index in [1.165, 1.54) is 0 Å². The van der Waals surface area contributed by atoms with Crippen molar-refractivity contribution in [1.29, 1.82) is 0 Å². The van der Waals surface area contributed by atoms with Gasteiger partial charge in [0, 0.05) is 33.9 Å². The van der Waals surface area contributed by atoms with E-state index >= 15 is 0 Å². The molecule has 0 radical (unpaired) electrons. The van der Waals surface area contributed by atoms with Gasteiger partial charge in [0.1, 0.15) is 5.76 Å². The van der Waals surface area contributed by atoms with Crippen molar-refractivity contribution >= 4 is 15.9 Å². The summed E-state index contributed by atoms with van der Waals surface area (Å²) in [7, 11) is 3.42. The van der Waals surface area contributed by atoms with Crippen LogP contribution in [0, 0.1) is 0 Å². The van der Waals surface area contributed by atoms with E-state index in [0.29, 0.717) is 6.54 Å². The van der Waals surface area contributed by atoms with Gasteiger partial charge in [-0.15, -0.1) is 0 Å². The summed E-state index contributed by atoms with van der Waals surface area (Å²) in [5, 5.41) is 0. The zero-order valence-electron chi connectivity index (χ0n) is 10.6. The van der Waals surface area contributed by atoms with Crippen molar-refractivity contribution in [2.75, 3.05) is 33.9 Å². The normalized spacial score (nSPS) is 26.7. The predicted octanol–water partition coefficient (Wildman–Crippen LogP) is 1.39. The number of hydrogen-bond donors (Lipinski definition) is 1. The number of furan rings is 1. The van der Waals surface area contributed by atoms with Gasteiger partial charge in [0.05, 0.1) is 18.2 Å². The van der Waals surface area contributed by atoms with Gasteiger partial charge in [0.25, 0.3) is 0 Å². The fourth-order valence-corrected chi connectivity index (χ4v) is 2.75. The molecule has 18 heavy (non-hydrogen) atoms. The highest BCUT2D eigenvalue weighted by molar-refractivity contribution is 9.10. The molecule has 1 fully saturated rings. The Morgan fingerprint density at radius 2 is 2.00 bits per heavy atom. The average Bonchev–Trinajstić information content (AvgIpc) is 2.97. The van der Waals surface area contributed by atoms with Gasteiger partial charge >= 0.3 is 0 Å². The molecule has 102 valence electrons. The molecule has 0 spiro atoms. The molecular formula is C12H19BrN2O3. The Balaban J connectivity index is 2.10. The monoisotopic (exact) mass is 318 g/mol. The lowest BCUT2D eigenvalue weighted by molar-refractivity contribution is -0.00461. The number of likely N-dealkylation sites (tertiary alicyclic amines) is 1. The molecule has 2 heterocycles. The number of hydrogen-bond acceptors (Lipinski definition) is 5. The predicted molar refractivity (Wildman–Crippen MR) is 71.4 cm³/mol. The Kier molecular flexibility index (Phi) is 4.80. The summed E-state index contributed by atoms with van der Waals surface area (Å²) in [6.45, 7) is 2.11. The van der Waals surface area contributed by atoms with E-state index < -0.39 is 0 Å². The minimum absolute atomic E-state index is 0.0640. The van der Waals surface area contributed by atoms with Crippen LogP contribution in [-0.2, 0) is 9.47 Å². The van der Waals surface area contributed by atoms with E-state index in [0.717, 1.165) is 23.5 Å².